The van der Waals surface area contributed by atoms with E-state index in [9.17, 15) is 9.90 Å². The second-order valence-corrected chi connectivity index (χ2v) is 7.13. The van der Waals surface area contributed by atoms with Gasteiger partial charge in [-0.05, 0) is 43.2 Å². The summed E-state index contributed by atoms with van der Waals surface area (Å²) in [5.41, 5.74) is 1.99. The minimum absolute atomic E-state index is 0.371. The first-order valence-corrected chi connectivity index (χ1v) is 8.26. The minimum Gasteiger partial charge on any atom is -0.477 e. The number of hydrogen-bond acceptors (Lipinski definition) is 3. The first-order valence-electron chi connectivity index (χ1n) is 6.65. The first kappa shape index (κ1) is 13.0. The highest BCUT2D eigenvalue weighted by atomic mass is 79.9. The first-order chi connectivity index (χ1) is 10.1. The van der Waals surface area contributed by atoms with Gasteiger partial charge < -0.3 is 5.11 Å². The Balaban J connectivity index is 1.95. The molecule has 4 nitrogen and oxygen atoms in total. The number of carbonyl (C=O) groups is 1. The molecule has 0 spiro atoms. The van der Waals surface area contributed by atoms with Gasteiger partial charge in [0.25, 0.3) is 0 Å². The molecule has 1 aliphatic carbocycles. The van der Waals surface area contributed by atoms with E-state index in [1.54, 1.807) is 6.07 Å². The number of carboxylic acid groups (broad SMARTS) is 1. The standard InChI is InChI=1S/C15H11BrN2O2S/c16-9-3-5-10(6-4-9)18-14-11(7-12(21-14)15(19)20)13(17-18)8-1-2-8/h3-8H,1-2H2,(H,19,20). The molecule has 1 aromatic carbocycles. The van der Waals surface area contributed by atoms with Crippen molar-refractivity contribution in [1.29, 1.82) is 0 Å². The number of fused-ring (bicyclic) bond motifs is 1. The van der Waals surface area contributed by atoms with Crippen LogP contribution in [-0.2, 0) is 0 Å². The molecule has 6 heteroatoms. The Kier molecular flexibility index (Phi) is 2.90. The second kappa shape index (κ2) is 4.68. The number of aromatic nitrogens is 2. The Morgan fingerprint density at radius 1 is 1.33 bits per heavy atom. The topological polar surface area (TPSA) is 55.1 Å². The fourth-order valence-electron chi connectivity index (χ4n) is 2.45. The maximum absolute atomic E-state index is 11.2. The molecule has 2 heterocycles. The molecule has 0 bridgehead atoms. The quantitative estimate of drug-likeness (QED) is 0.749. The molecular weight excluding hydrogens is 352 g/mol. The van der Waals surface area contributed by atoms with E-state index < -0.39 is 5.97 Å². The van der Waals surface area contributed by atoms with Crippen LogP contribution in [0.25, 0.3) is 15.9 Å². The summed E-state index contributed by atoms with van der Waals surface area (Å²) in [6, 6.07) is 9.65. The zero-order valence-corrected chi connectivity index (χ0v) is 13.3. The van der Waals surface area contributed by atoms with Crippen molar-refractivity contribution in [1.82, 2.24) is 9.78 Å². The van der Waals surface area contributed by atoms with Crippen LogP contribution < -0.4 is 0 Å². The van der Waals surface area contributed by atoms with E-state index in [2.05, 4.69) is 15.9 Å². The lowest BCUT2D eigenvalue weighted by Crippen LogP contribution is -1.97. The highest BCUT2D eigenvalue weighted by Crippen LogP contribution is 2.44. The Hall–Kier alpha value is -1.66. The fourth-order valence-corrected chi connectivity index (χ4v) is 3.69. The number of rotatable bonds is 3. The van der Waals surface area contributed by atoms with Crippen LogP contribution in [-0.4, -0.2) is 20.9 Å². The highest BCUT2D eigenvalue weighted by Gasteiger charge is 2.30. The van der Waals surface area contributed by atoms with Crippen molar-refractivity contribution in [3.8, 4) is 5.69 Å². The van der Waals surface area contributed by atoms with Gasteiger partial charge in [0.05, 0.1) is 11.4 Å². The average Bonchev–Trinajstić information content (AvgIpc) is 3.10. The van der Waals surface area contributed by atoms with E-state index in [-0.39, 0.29) is 0 Å². The van der Waals surface area contributed by atoms with Crippen molar-refractivity contribution in [3.05, 3.63) is 45.4 Å². The summed E-state index contributed by atoms with van der Waals surface area (Å²) in [6.45, 7) is 0. The summed E-state index contributed by atoms with van der Waals surface area (Å²) in [5, 5.41) is 14.9. The van der Waals surface area contributed by atoms with E-state index >= 15 is 0 Å². The fraction of sp³-hybridized carbons (Fsp3) is 0.200. The third-order valence-corrected chi connectivity index (χ3v) is 5.26. The maximum Gasteiger partial charge on any atom is 0.345 e. The van der Waals surface area contributed by atoms with E-state index in [4.69, 9.17) is 5.10 Å². The second-order valence-electron chi connectivity index (χ2n) is 5.18. The smallest absolute Gasteiger partial charge is 0.345 e. The molecule has 0 saturated heterocycles. The van der Waals surface area contributed by atoms with Crippen LogP contribution >= 0.6 is 27.3 Å². The van der Waals surface area contributed by atoms with Crippen LogP contribution in [0.5, 0.6) is 0 Å². The Morgan fingerprint density at radius 2 is 2.05 bits per heavy atom. The summed E-state index contributed by atoms with van der Waals surface area (Å²) in [6.07, 6.45) is 2.29. The zero-order chi connectivity index (χ0) is 14.6. The van der Waals surface area contributed by atoms with Gasteiger partial charge in [0.15, 0.2) is 0 Å². The van der Waals surface area contributed by atoms with Crippen LogP contribution in [0, 0.1) is 0 Å². The third-order valence-electron chi connectivity index (χ3n) is 3.63. The van der Waals surface area contributed by atoms with E-state index in [0.29, 0.717) is 10.8 Å². The molecule has 0 aliphatic heterocycles. The predicted molar refractivity (Wildman–Crippen MR) is 85.6 cm³/mol. The van der Waals surface area contributed by atoms with Gasteiger partial charge in [0, 0.05) is 15.8 Å². The van der Waals surface area contributed by atoms with Crippen molar-refractivity contribution in [3.63, 3.8) is 0 Å². The molecule has 1 N–H and O–H groups in total. The zero-order valence-electron chi connectivity index (χ0n) is 10.9. The lowest BCUT2D eigenvalue weighted by molar-refractivity contribution is 0.0702. The minimum atomic E-state index is -0.875. The lowest BCUT2D eigenvalue weighted by atomic mass is 10.2. The van der Waals surface area contributed by atoms with Gasteiger partial charge in [-0.25, -0.2) is 9.48 Å². The Labute approximate surface area is 133 Å². The van der Waals surface area contributed by atoms with Crippen molar-refractivity contribution < 1.29 is 9.90 Å². The summed E-state index contributed by atoms with van der Waals surface area (Å²) in [4.78, 5) is 12.5. The molecule has 1 fully saturated rings. The monoisotopic (exact) mass is 362 g/mol. The third kappa shape index (κ3) is 2.18. The summed E-state index contributed by atoms with van der Waals surface area (Å²) >= 11 is 4.71. The number of aromatic carboxylic acids is 1. The number of benzene rings is 1. The van der Waals surface area contributed by atoms with Crippen LogP contribution in [0.2, 0.25) is 0 Å². The molecular formula is C15H11BrN2O2S. The molecule has 1 saturated carbocycles. The number of nitrogens with zero attached hydrogens (tertiary/aromatic N) is 2. The normalized spacial score (nSPS) is 14.7. The average molecular weight is 363 g/mol. The molecule has 0 amide bonds. The number of thiophene rings is 1. The lowest BCUT2D eigenvalue weighted by Gasteiger charge is -2.02. The predicted octanol–water partition coefficient (Wildman–Crippen LogP) is 4.43. The van der Waals surface area contributed by atoms with Gasteiger partial charge in [-0.1, -0.05) is 15.9 Å². The van der Waals surface area contributed by atoms with Crippen LogP contribution in [0.3, 0.4) is 0 Å². The molecule has 3 aromatic rings. The van der Waals surface area contributed by atoms with Gasteiger partial charge in [-0.2, -0.15) is 5.10 Å². The Morgan fingerprint density at radius 3 is 2.67 bits per heavy atom. The molecule has 106 valence electrons. The van der Waals surface area contributed by atoms with Crippen molar-refractivity contribution in [2.45, 2.75) is 18.8 Å². The highest BCUT2D eigenvalue weighted by molar-refractivity contribution is 9.10. The number of halogens is 1. The molecule has 21 heavy (non-hydrogen) atoms. The van der Waals surface area contributed by atoms with Crippen molar-refractivity contribution >= 4 is 43.5 Å². The van der Waals surface area contributed by atoms with Crippen LogP contribution in [0.15, 0.2) is 34.8 Å². The van der Waals surface area contributed by atoms with Gasteiger partial charge in [-0.15, -0.1) is 11.3 Å². The van der Waals surface area contributed by atoms with Gasteiger partial charge in [0.2, 0.25) is 0 Å². The Bertz CT molecular complexity index is 847. The largest absolute Gasteiger partial charge is 0.477 e. The maximum atomic E-state index is 11.2. The SMILES string of the molecule is O=C(O)c1cc2c(C3CC3)nn(-c3ccc(Br)cc3)c2s1. The summed E-state index contributed by atoms with van der Waals surface area (Å²) in [7, 11) is 0. The van der Waals surface area contributed by atoms with Crippen molar-refractivity contribution in [2.24, 2.45) is 0 Å². The molecule has 4 rings (SSSR count). The van der Waals surface area contributed by atoms with E-state index in [1.807, 2.05) is 28.9 Å². The summed E-state index contributed by atoms with van der Waals surface area (Å²) < 4.78 is 2.88. The molecule has 1 aliphatic rings. The number of carboxylic acids is 1. The van der Waals surface area contributed by atoms with Gasteiger partial charge in [0.1, 0.15) is 9.71 Å². The van der Waals surface area contributed by atoms with Crippen LogP contribution in [0.4, 0.5) is 0 Å². The summed E-state index contributed by atoms with van der Waals surface area (Å²) in [5.74, 6) is -0.388. The van der Waals surface area contributed by atoms with Gasteiger partial charge in [-0.3, -0.25) is 0 Å². The molecule has 0 radical (unpaired) electrons. The van der Waals surface area contributed by atoms with E-state index in [1.165, 1.54) is 11.3 Å². The molecule has 0 atom stereocenters. The van der Waals surface area contributed by atoms with Gasteiger partial charge >= 0.3 is 5.97 Å². The van der Waals surface area contributed by atoms with E-state index in [0.717, 1.165) is 38.9 Å². The molecule has 0 unspecified atom stereocenters. The van der Waals surface area contributed by atoms with Crippen molar-refractivity contribution in [2.75, 3.05) is 0 Å². The number of hydrogen-bond donors (Lipinski definition) is 1. The van der Waals surface area contributed by atoms with Crippen LogP contribution in [0.1, 0.15) is 34.1 Å². The molecule has 2 aromatic heterocycles.